The normalized spacial score (nSPS) is 10.9. The van der Waals surface area contributed by atoms with Crippen LogP contribution in [0.2, 0.25) is 0 Å². The van der Waals surface area contributed by atoms with E-state index < -0.39 is 5.97 Å². The second-order valence-electron chi connectivity index (χ2n) is 8.44. The van der Waals surface area contributed by atoms with Gasteiger partial charge in [0.2, 0.25) is 0 Å². The third kappa shape index (κ3) is 4.49. The number of nitrogens with zero attached hydrogens (tertiary/aromatic N) is 3. The van der Waals surface area contributed by atoms with Crippen molar-refractivity contribution in [3.05, 3.63) is 115 Å². The summed E-state index contributed by atoms with van der Waals surface area (Å²) >= 11 is 0. The first-order chi connectivity index (χ1) is 18.7. The molecule has 0 spiro atoms. The van der Waals surface area contributed by atoms with Crippen molar-refractivity contribution in [3.8, 4) is 56.8 Å². The highest BCUT2D eigenvalue weighted by Crippen LogP contribution is 2.34. The Morgan fingerprint density at radius 1 is 0.632 bits per heavy atom. The maximum absolute atomic E-state index is 12.5. The number of hydrogen-bond donors (Lipinski definition) is 0. The van der Waals surface area contributed by atoms with E-state index >= 15 is 0 Å². The van der Waals surface area contributed by atoms with Gasteiger partial charge in [0.25, 0.3) is 5.89 Å². The molecule has 6 aromatic rings. The molecule has 0 unspecified atom stereocenters. The number of aromatic nitrogens is 3. The summed E-state index contributed by atoms with van der Waals surface area (Å²) in [4.78, 5) is 25.7. The Hall–Kier alpha value is -5.30. The summed E-state index contributed by atoms with van der Waals surface area (Å²) in [5.74, 6) is 0.935. The number of methoxy groups -OCH3 is 1. The zero-order chi connectivity index (χ0) is 25.9. The molecule has 0 amide bonds. The van der Waals surface area contributed by atoms with Gasteiger partial charge in [0.15, 0.2) is 17.2 Å². The van der Waals surface area contributed by atoms with Crippen molar-refractivity contribution in [2.45, 2.75) is 0 Å². The van der Waals surface area contributed by atoms with Gasteiger partial charge in [0, 0.05) is 34.6 Å². The molecule has 2 aromatic carbocycles. The first-order valence-electron chi connectivity index (χ1n) is 11.9. The summed E-state index contributed by atoms with van der Waals surface area (Å²) < 4.78 is 17.1. The predicted molar refractivity (Wildman–Crippen MR) is 143 cm³/mol. The summed E-state index contributed by atoms with van der Waals surface area (Å²) in [6, 6.07) is 30.6. The van der Waals surface area contributed by atoms with Crippen LogP contribution in [0, 0.1) is 0 Å². The van der Waals surface area contributed by atoms with Crippen LogP contribution < -0.4 is 0 Å². The molecule has 0 aliphatic carbocycles. The van der Waals surface area contributed by atoms with Crippen molar-refractivity contribution in [1.82, 2.24) is 15.0 Å². The van der Waals surface area contributed by atoms with Crippen LogP contribution in [-0.4, -0.2) is 28.0 Å². The lowest BCUT2D eigenvalue weighted by Crippen LogP contribution is -2.03. The number of furan rings is 1. The number of pyridine rings is 2. The lowest BCUT2D eigenvalue weighted by molar-refractivity contribution is 0.0595. The van der Waals surface area contributed by atoms with Crippen LogP contribution in [0.4, 0.5) is 0 Å². The molecule has 0 atom stereocenters. The fourth-order valence-corrected chi connectivity index (χ4v) is 4.13. The standard InChI is InChI=1S/C31H21N3O4/c1-36-31(35)28-29(23-14-10-21(11-15-23)25-7-3-5-19-33-25)38-30(34-28)27-17-16-26(37-27)22-12-8-20(9-13-22)24-6-2-4-18-32-24/h2-19H,1H3. The van der Waals surface area contributed by atoms with E-state index in [1.54, 1.807) is 18.5 Å². The first-order valence-corrected chi connectivity index (χ1v) is 11.9. The van der Waals surface area contributed by atoms with E-state index in [1.807, 2.05) is 91.0 Å². The minimum atomic E-state index is -0.597. The summed E-state index contributed by atoms with van der Waals surface area (Å²) in [7, 11) is 1.31. The van der Waals surface area contributed by atoms with E-state index in [0.29, 0.717) is 22.8 Å². The van der Waals surface area contributed by atoms with Crippen LogP contribution in [0.3, 0.4) is 0 Å². The van der Waals surface area contributed by atoms with Gasteiger partial charge in [-0.2, -0.15) is 4.98 Å². The zero-order valence-electron chi connectivity index (χ0n) is 20.4. The van der Waals surface area contributed by atoms with Crippen LogP contribution in [0.25, 0.3) is 56.8 Å². The Balaban J connectivity index is 1.30. The van der Waals surface area contributed by atoms with Crippen LogP contribution in [0.5, 0.6) is 0 Å². The molecule has 0 saturated carbocycles. The SMILES string of the molecule is COC(=O)c1nc(-c2ccc(-c3ccc(-c4ccccn4)cc3)o2)oc1-c1ccc(-c2ccccn2)cc1. The Bertz CT molecular complexity index is 1690. The van der Waals surface area contributed by atoms with Gasteiger partial charge in [0.1, 0.15) is 5.76 Å². The van der Waals surface area contributed by atoms with E-state index in [0.717, 1.165) is 28.1 Å². The molecule has 7 nitrogen and oxygen atoms in total. The number of benzene rings is 2. The van der Waals surface area contributed by atoms with Gasteiger partial charge in [-0.05, 0) is 36.4 Å². The van der Waals surface area contributed by atoms with Crippen molar-refractivity contribution in [2.75, 3.05) is 7.11 Å². The van der Waals surface area contributed by atoms with E-state index in [-0.39, 0.29) is 11.6 Å². The van der Waals surface area contributed by atoms with E-state index in [2.05, 4.69) is 15.0 Å². The van der Waals surface area contributed by atoms with E-state index in [1.165, 1.54) is 7.11 Å². The largest absolute Gasteiger partial charge is 0.464 e. The average molecular weight is 500 g/mol. The van der Waals surface area contributed by atoms with Gasteiger partial charge >= 0.3 is 5.97 Å². The Morgan fingerprint density at radius 2 is 1.18 bits per heavy atom. The van der Waals surface area contributed by atoms with Crippen LogP contribution >= 0.6 is 0 Å². The first kappa shape index (κ1) is 23.1. The van der Waals surface area contributed by atoms with E-state index in [9.17, 15) is 4.79 Å². The number of hydrogen-bond acceptors (Lipinski definition) is 7. The highest BCUT2D eigenvalue weighted by atomic mass is 16.5. The lowest BCUT2D eigenvalue weighted by Gasteiger charge is -2.03. The molecule has 7 heteroatoms. The third-order valence-electron chi connectivity index (χ3n) is 6.06. The molecule has 0 radical (unpaired) electrons. The molecule has 4 heterocycles. The smallest absolute Gasteiger partial charge is 0.360 e. The maximum Gasteiger partial charge on any atom is 0.360 e. The number of esters is 1. The van der Waals surface area contributed by atoms with Gasteiger partial charge in [0.05, 0.1) is 18.5 Å². The number of carbonyl (C=O) groups is 1. The Morgan fingerprint density at radius 3 is 1.74 bits per heavy atom. The zero-order valence-corrected chi connectivity index (χ0v) is 20.4. The van der Waals surface area contributed by atoms with Crippen molar-refractivity contribution in [2.24, 2.45) is 0 Å². The number of carbonyl (C=O) groups excluding carboxylic acids is 1. The lowest BCUT2D eigenvalue weighted by atomic mass is 10.1. The minimum Gasteiger partial charge on any atom is -0.464 e. The average Bonchev–Trinajstić information content (AvgIpc) is 3.66. The Kier molecular flexibility index (Phi) is 6.08. The second-order valence-corrected chi connectivity index (χ2v) is 8.44. The number of ether oxygens (including phenoxy) is 1. The van der Waals surface area contributed by atoms with Crippen molar-refractivity contribution >= 4 is 5.97 Å². The van der Waals surface area contributed by atoms with Crippen molar-refractivity contribution in [3.63, 3.8) is 0 Å². The molecule has 38 heavy (non-hydrogen) atoms. The second kappa shape index (κ2) is 9.99. The fourth-order valence-electron chi connectivity index (χ4n) is 4.13. The van der Waals surface area contributed by atoms with Crippen LogP contribution in [-0.2, 0) is 4.74 Å². The molecule has 184 valence electrons. The summed E-state index contributed by atoms with van der Waals surface area (Å²) in [5.41, 5.74) is 5.35. The van der Waals surface area contributed by atoms with Gasteiger partial charge < -0.3 is 13.6 Å². The van der Waals surface area contributed by atoms with E-state index in [4.69, 9.17) is 13.6 Å². The quantitative estimate of drug-likeness (QED) is 0.224. The molecule has 0 bridgehead atoms. The van der Waals surface area contributed by atoms with Crippen molar-refractivity contribution < 1.29 is 18.4 Å². The number of rotatable bonds is 6. The summed E-state index contributed by atoms with van der Waals surface area (Å²) in [6.07, 6.45) is 3.51. The van der Waals surface area contributed by atoms with Gasteiger partial charge in [-0.25, -0.2) is 4.79 Å². The fraction of sp³-hybridized carbons (Fsp3) is 0.0323. The number of oxazole rings is 1. The monoisotopic (exact) mass is 499 g/mol. The molecule has 0 aliphatic rings. The maximum atomic E-state index is 12.5. The molecule has 0 N–H and O–H groups in total. The van der Waals surface area contributed by atoms with Gasteiger partial charge in [-0.3, -0.25) is 9.97 Å². The molecular formula is C31H21N3O4. The van der Waals surface area contributed by atoms with Gasteiger partial charge in [-0.1, -0.05) is 60.7 Å². The molecule has 0 fully saturated rings. The highest BCUT2D eigenvalue weighted by molar-refractivity contribution is 5.94. The molecule has 6 rings (SSSR count). The molecule has 4 aromatic heterocycles. The molecule has 0 aliphatic heterocycles. The predicted octanol–water partition coefficient (Wildman–Crippen LogP) is 7.18. The van der Waals surface area contributed by atoms with Crippen molar-refractivity contribution in [1.29, 1.82) is 0 Å². The highest BCUT2D eigenvalue weighted by Gasteiger charge is 2.24. The minimum absolute atomic E-state index is 0.0748. The van der Waals surface area contributed by atoms with Gasteiger partial charge in [-0.15, -0.1) is 0 Å². The van der Waals surface area contributed by atoms with Crippen LogP contribution in [0.1, 0.15) is 10.5 Å². The van der Waals surface area contributed by atoms with Crippen LogP contribution in [0.15, 0.2) is 118 Å². The molecule has 0 saturated heterocycles. The topological polar surface area (TPSA) is 91.2 Å². The molecular weight excluding hydrogens is 478 g/mol. The summed E-state index contributed by atoms with van der Waals surface area (Å²) in [6.45, 7) is 0. The third-order valence-corrected chi connectivity index (χ3v) is 6.06. The Labute approximate surface area is 218 Å². The summed E-state index contributed by atoms with van der Waals surface area (Å²) in [5, 5.41) is 0.